The Morgan fingerprint density at radius 3 is 2.80 bits per heavy atom. The summed E-state index contributed by atoms with van der Waals surface area (Å²) in [5, 5.41) is 2.78. The summed E-state index contributed by atoms with van der Waals surface area (Å²) in [7, 11) is 0. The smallest absolute Gasteiger partial charge is 0.260 e. The Hall–Kier alpha value is -1.94. The lowest BCUT2D eigenvalue weighted by molar-refractivity contribution is 0.878. The van der Waals surface area contributed by atoms with Crippen molar-refractivity contribution >= 4 is 21.6 Å². The summed E-state index contributed by atoms with van der Waals surface area (Å²) >= 11 is 1.54. The number of benzene rings is 1. The third-order valence-corrected chi connectivity index (χ3v) is 4.28. The molecule has 0 aliphatic rings. The summed E-state index contributed by atoms with van der Waals surface area (Å²) in [6.07, 6.45) is 0. The van der Waals surface area contributed by atoms with Crippen LogP contribution < -0.4 is 5.56 Å². The number of fused-ring (bicyclic) bond motifs is 1. The molecule has 0 fully saturated rings. The van der Waals surface area contributed by atoms with Gasteiger partial charge in [-0.05, 0) is 29.9 Å². The predicted molar refractivity (Wildman–Crippen MR) is 84.5 cm³/mol. The van der Waals surface area contributed by atoms with E-state index in [0.29, 0.717) is 11.7 Å². The third kappa shape index (κ3) is 2.16. The summed E-state index contributed by atoms with van der Waals surface area (Å²) in [4.78, 5) is 20.7. The number of rotatable bonds is 2. The Labute approximate surface area is 121 Å². The van der Waals surface area contributed by atoms with E-state index in [-0.39, 0.29) is 5.56 Å². The van der Waals surface area contributed by atoms with Gasteiger partial charge in [0.2, 0.25) is 0 Å². The van der Waals surface area contributed by atoms with Crippen LogP contribution in [-0.4, -0.2) is 9.97 Å². The summed E-state index contributed by atoms with van der Waals surface area (Å²) < 4.78 is 0. The lowest BCUT2D eigenvalue weighted by Crippen LogP contribution is -2.10. The Bertz CT molecular complexity index is 830. The van der Waals surface area contributed by atoms with Gasteiger partial charge in [0.25, 0.3) is 5.56 Å². The average molecular weight is 284 g/mol. The highest BCUT2D eigenvalue weighted by Gasteiger charge is 2.14. The number of aromatic amines is 1. The van der Waals surface area contributed by atoms with Crippen LogP contribution in [0.25, 0.3) is 21.6 Å². The first-order valence-electron chi connectivity index (χ1n) is 6.64. The van der Waals surface area contributed by atoms with E-state index in [1.54, 1.807) is 0 Å². The van der Waals surface area contributed by atoms with Crippen LogP contribution >= 0.6 is 11.3 Å². The minimum Gasteiger partial charge on any atom is -0.306 e. The normalized spacial score (nSPS) is 11.4. The first kappa shape index (κ1) is 13.1. The van der Waals surface area contributed by atoms with Crippen LogP contribution in [0.2, 0.25) is 0 Å². The molecule has 102 valence electrons. The van der Waals surface area contributed by atoms with E-state index < -0.39 is 0 Å². The number of hydrogen-bond donors (Lipinski definition) is 1. The maximum atomic E-state index is 12.4. The van der Waals surface area contributed by atoms with E-state index in [1.807, 2.05) is 36.6 Å². The Balaban J connectivity index is 2.24. The van der Waals surface area contributed by atoms with Crippen LogP contribution in [0.4, 0.5) is 0 Å². The van der Waals surface area contributed by atoms with Gasteiger partial charge >= 0.3 is 0 Å². The minimum atomic E-state index is -0.0449. The topological polar surface area (TPSA) is 45.8 Å². The molecule has 2 heterocycles. The molecule has 2 aromatic heterocycles. The molecule has 4 heteroatoms. The van der Waals surface area contributed by atoms with Crippen LogP contribution in [-0.2, 0) is 0 Å². The molecule has 1 N–H and O–H groups in total. The second kappa shape index (κ2) is 4.87. The largest absolute Gasteiger partial charge is 0.306 e. The molecule has 0 amide bonds. The number of aromatic nitrogens is 2. The maximum Gasteiger partial charge on any atom is 0.260 e. The molecule has 0 bridgehead atoms. The summed E-state index contributed by atoms with van der Waals surface area (Å²) in [5.74, 6) is 0.972. The lowest BCUT2D eigenvalue weighted by atomic mass is 10.0. The molecule has 3 aromatic rings. The Morgan fingerprint density at radius 1 is 1.30 bits per heavy atom. The van der Waals surface area contributed by atoms with Crippen molar-refractivity contribution in [2.24, 2.45) is 0 Å². The Morgan fingerprint density at radius 2 is 2.10 bits per heavy atom. The quantitative estimate of drug-likeness (QED) is 0.770. The third-order valence-electron chi connectivity index (χ3n) is 3.39. The van der Waals surface area contributed by atoms with E-state index in [1.165, 1.54) is 11.3 Å². The monoisotopic (exact) mass is 284 g/mol. The first-order chi connectivity index (χ1) is 9.56. The van der Waals surface area contributed by atoms with Crippen molar-refractivity contribution in [1.82, 2.24) is 9.97 Å². The number of nitrogens with zero attached hydrogens (tertiary/aromatic N) is 1. The molecule has 20 heavy (non-hydrogen) atoms. The van der Waals surface area contributed by atoms with Crippen LogP contribution in [0.1, 0.15) is 30.9 Å². The fraction of sp³-hybridized carbons (Fsp3) is 0.250. The number of hydrogen-bond acceptors (Lipinski definition) is 3. The van der Waals surface area contributed by atoms with E-state index >= 15 is 0 Å². The van der Waals surface area contributed by atoms with Crippen molar-refractivity contribution in [3.05, 3.63) is 51.1 Å². The van der Waals surface area contributed by atoms with Gasteiger partial charge in [0.15, 0.2) is 0 Å². The molecular formula is C16H16N2OS. The number of H-pyrrole nitrogens is 1. The fourth-order valence-electron chi connectivity index (χ4n) is 2.32. The van der Waals surface area contributed by atoms with Crippen molar-refractivity contribution in [2.75, 3.05) is 0 Å². The van der Waals surface area contributed by atoms with Crippen LogP contribution in [0.15, 0.2) is 34.4 Å². The zero-order chi connectivity index (χ0) is 14.3. The van der Waals surface area contributed by atoms with E-state index in [2.05, 4.69) is 23.8 Å². The van der Waals surface area contributed by atoms with Crippen LogP contribution in [0, 0.1) is 6.92 Å². The van der Waals surface area contributed by atoms with Gasteiger partial charge in [-0.3, -0.25) is 4.79 Å². The molecule has 0 radical (unpaired) electrons. The number of thiophene rings is 1. The van der Waals surface area contributed by atoms with Gasteiger partial charge in [-0.2, -0.15) is 0 Å². The highest BCUT2D eigenvalue weighted by molar-refractivity contribution is 7.16. The molecular weight excluding hydrogens is 268 g/mol. The Kier molecular flexibility index (Phi) is 3.18. The van der Waals surface area contributed by atoms with Crippen molar-refractivity contribution < 1.29 is 0 Å². The zero-order valence-electron chi connectivity index (χ0n) is 11.7. The maximum absolute atomic E-state index is 12.4. The summed E-state index contributed by atoms with van der Waals surface area (Å²) in [6.45, 7) is 6.22. The van der Waals surface area contributed by atoms with Gasteiger partial charge in [-0.15, -0.1) is 11.3 Å². The van der Waals surface area contributed by atoms with Gasteiger partial charge in [0.05, 0.1) is 5.39 Å². The second-order valence-corrected chi connectivity index (χ2v) is 6.17. The van der Waals surface area contributed by atoms with Gasteiger partial charge in [0.1, 0.15) is 10.7 Å². The molecule has 0 aliphatic carbocycles. The summed E-state index contributed by atoms with van der Waals surface area (Å²) in [5.41, 5.74) is 3.13. The molecule has 1 aromatic carbocycles. The molecule has 0 spiro atoms. The molecule has 0 aliphatic heterocycles. The average Bonchev–Trinajstić information content (AvgIpc) is 2.83. The number of nitrogens with one attached hydrogen (secondary N) is 1. The molecule has 3 nitrogen and oxygen atoms in total. The highest BCUT2D eigenvalue weighted by Crippen LogP contribution is 2.28. The van der Waals surface area contributed by atoms with Gasteiger partial charge in [-0.1, -0.05) is 37.6 Å². The molecule has 0 saturated heterocycles. The SMILES string of the molecule is Cc1cccc(-c2nc3scc(C(C)C)c3c(=O)[nH]2)c1. The zero-order valence-corrected chi connectivity index (χ0v) is 12.5. The summed E-state index contributed by atoms with van der Waals surface area (Å²) in [6, 6.07) is 8.00. The highest BCUT2D eigenvalue weighted by atomic mass is 32.1. The lowest BCUT2D eigenvalue weighted by Gasteiger charge is -2.04. The van der Waals surface area contributed by atoms with Crippen molar-refractivity contribution in [1.29, 1.82) is 0 Å². The van der Waals surface area contributed by atoms with Crippen molar-refractivity contribution in [2.45, 2.75) is 26.7 Å². The minimum absolute atomic E-state index is 0.0449. The van der Waals surface area contributed by atoms with E-state index in [9.17, 15) is 4.79 Å². The van der Waals surface area contributed by atoms with Gasteiger partial charge in [0, 0.05) is 5.56 Å². The van der Waals surface area contributed by atoms with Gasteiger partial charge < -0.3 is 4.98 Å². The van der Waals surface area contributed by atoms with Crippen LogP contribution in [0.5, 0.6) is 0 Å². The molecule has 0 saturated carbocycles. The molecule has 0 unspecified atom stereocenters. The standard InChI is InChI=1S/C16H16N2OS/c1-9(2)12-8-20-16-13(12)15(19)17-14(18-16)11-6-4-5-10(3)7-11/h4-9H,1-3H3,(H,17,18,19). The van der Waals surface area contributed by atoms with Crippen molar-refractivity contribution in [3.8, 4) is 11.4 Å². The fourth-order valence-corrected chi connectivity index (χ4v) is 3.43. The van der Waals surface area contributed by atoms with Gasteiger partial charge in [-0.25, -0.2) is 4.98 Å². The predicted octanol–water partition coefficient (Wildman–Crippen LogP) is 4.08. The number of aryl methyl sites for hydroxylation is 1. The van der Waals surface area contributed by atoms with E-state index in [4.69, 9.17) is 0 Å². The second-order valence-electron chi connectivity index (χ2n) is 5.31. The van der Waals surface area contributed by atoms with Crippen LogP contribution in [0.3, 0.4) is 0 Å². The first-order valence-corrected chi connectivity index (χ1v) is 7.52. The van der Waals surface area contributed by atoms with Crippen molar-refractivity contribution in [3.63, 3.8) is 0 Å². The van der Waals surface area contributed by atoms with E-state index in [0.717, 1.165) is 26.9 Å². The molecule has 3 rings (SSSR count). The molecule has 0 atom stereocenters.